The number of para-hydroxylation sites is 2. The van der Waals surface area contributed by atoms with Gasteiger partial charge in [-0.15, -0.1) is 0 Å². The lowest BCUT2D eigenvalue weighted by molar-refractivity contribution is 0.102. The van der Waals surface area contributed by atoms with Crippen molar-refractivity contribution in [2.45, 2.75) is 26.7 Å². The van der Waals surface area contributed by atoms with Crippen LogP contribution in [0.15, 0.2) is 54.9 Å². The molecule has 140 valence electrons. The predicted octanol–water partition coefficient (Wildman–Crippen LogP) is 4.47. The number of carbonyl (C=O) groups excluding carboxylic acids is 1. The molecule has 28 heavy (non-hydrogen) atoms. The normalized spacial score (nSPS) is 10.2. The number of nitriles is 1. The number of carbonyl (C=O) groups is 1. The van der Waals surface area contributed by atoms with Gasteiger partial charge in [0.1, 0.15) is 17.6 Å². The van der Waals surface area contributed by atoms with Gasteiger partial charge in [-0.2, -0.15) is 5.26 Å². The van der Waals surface area contributed by atoms with Crippen molar-refractivity contribution in [2.75, 3.05) is 10.6 Å². The Bertz CT molecular complexity index is 1000. The highest BCUT2D eigenvalue weighted by Gasteiger charge is 2.13. The Labute approximate surface area is 164 Å². The number of nitrogens with zero attached hydrogens (tertiary/aromatic N) is 3. The fraction of sp³-hybridized carbons (Fsp3) is 0.182. The number of anilines is 3. The molecule has 1 amide bonds. The van der Waals surface area contributed by atoms with Crippen molar-refractivity contribution in [2.24, 2.45) is 0 Å². The van der Waals surface area contributed by atoms with Crippen LogP contribution in [-0.4, -0.2) is 15.9 Å². The Kier molecular flexibility index (Phi) is 5.97. The van der Waals surface area contributed by atoms with Crippen LogP contribution in [-0.2, 0) is 12.8 Å². The first-order valence-corrected chi connectivity index (χ1v) is 9.16. The molecular formula is C22H21N5O. The topological polar surface area (TPSA) is 90.7 Å². The van der Waals surface area contributed by atoms with E-state index < -0.39 is 0 Å². The summed E-state index contributed by atoms with van der Waals surface area (Å²) in [5.74, 6) is 0.162. The molecule has 6 heteroatoms. The highest BCUT2D eigenvalue weighted by molar-refractivity contribution is 6.03. The SMILES string of the molecule is CCc1cccc(CC)c1NC(=O)c1cnc(Nc2ccccc2C#N)cn1. The van der Waals surface area contributed by atoms with Crippen LogP contribution >= 0.6 is 0 Å². The van der Waals surface area contributed by atoms with Crippen molar-refractivity contribution in [1.82, 2.24) is 9.97 Å². The maximum absolute atomic E-state index is 12.6. The van der Waals surface area contributed by atoms with E-state index in [0.29, 0.717) is 17.1 Å². The quantitative estimate of drug-likeness (QED) is 0.667. The van der Waals surface area contributed by atoms with Gasteiger partial charge in [0.25, 0.3) is 5.91 Å². The lowest BCUT2D eigenvalue weighted by Gasteiger charge is -2.14. The number of hydrogen-bond acceptors (Lipinski definition) is 5. The van der Waals surface area contributed by atoms with Crippen LogP contribution in [0.5, 0.6) is 0 Å². The molecule has 0 atom stereocenters. The number of benzene rings is 2. The molecule has 3 aromatic rings. The van der Waals surface area contributed by atoms with Gasteiger partial charge in [0.15, 0.2) is 0 Å². The summed E-state index contributed by atoms with van der Waals surface area (Å²) in [6.07, 6.45) is 4.56. The van der Waals surface area contributed by atoms with E-state index >= 15 is 0 Å². The molecule has 6 nitrogen and oxygen atoms in total. The molecule has 1 heterocycles. The first-order valence-electron chi connectivity index (χ1n) is 9.16. The summed E-state index contributed by atoms with van der Waals surface area (Å²) in [7, 11) is 0. The van der Waals surface area contributed by atoms with Gasteiger partial charge in [0.05, 0.1) is 23.6 Å². The van der Waals surface area contributed by atoms with E-state index in [1.54, 1.807) is 18.2 Å². The third-order valence-electron chi connectivity index (χ3n) is 4.43. The number of rotatable bonds is 6. The van der Waals surface area contributed by atoms with Crippen LogP contribution < -0.4 is 10.6 Å². The Balaban J connectivity index is 1.77. The van der Waals surface area contributed by atoms with Crippen molar-refractivity contribution in [1.29, 1.82) is 5.26 Å². The summed E-state index contributed by atoms with van der Waals surface area (Å²) < 4.78 is 0. The molecule has 0 saturated heterocycles. The van der Waals surface area contributed by atoms with Crippen LogP contribution in [0.3, 0.4) is 0 Å². The second-order valence-electron chi connectivity index (χ2n) is 6.18. The van der Waals surface area contributed by atoms with Gasteiger partial charge in [-0.1, -0.05) is 44.2 Å². The van der Waals surface area contributed by atoms with Crippen LogP contribution in [0.2, 0.25) is 0 Å². The molecule has 0 radical (unpaired) electrons. The van der Waals surface area contributed by atoms with Crippen molar-refractivity contribution in [3.63, 3.8) is 0 Å². The van der Waals surface area contributed by atoms with Gasteiger partial charge in [-0.3, -0.25) is 4.79 Å². The smallest absolute Gasteiger partial charge is 0.275 e. The molecule has 2 aromatic carbocycles. The Morgan fingerprint density at radius 3 is 2.32 bits per heavy atom. The molecule has 2 N–H and O–H groups in total. The maximum atomic E-state index is 12.6. The van der Waals surface area contributed by atoms with Crippen LogP contribution in [0, 0.1) is 11.3 Å². The number of hydrogen-bond donors (Lipinski definition) is 2. The molecule has 0 fully saturated rings. The zero-order valence-electron chi connectivity index (χ0n) is 15.9. The lowest BCUT2D eigenvalue weighted by atomic mass is 10.0. The molecule has 1 aromatic heterocycles. The zero-order chi connectivity index (χ0) is 19.9. The summed E-state index contributed by atoms with van der Waals surface area (Å²) in [4.78, 5) is 21.1. The highest BCUT2D eigenvalue weighted by Crippen LogP contribution is 2.23. The zero-order valence-corrected chi connectivity index (χ0v) is 15.9. The lowest BCUT2D eigenvalue weighted by Crippen LogP contribution is -2.16. The molecule has 0 aliphatic heterocycles. The second-order valence-corrected chi connectivity index (χ2v) is 6.18. The van der Waals surface area contributed by atoms with Crippen LogP contribution in [0.25, 0.3) is 0 Å². The Morgan fingerprint density at radius 1 is 1.00 bits per heavy atom. The second kappa shape index (κ2) is 8.78. The minimum Gasteiger partial charge on any atom is -0.338 e. The van der Waals surface area contributed by atoms with Gasteiger partial charge in [0, 0.05) is 5.69 Å². The summed E-state index contributed by atoms with van der Waals surface area (Å²) in [5, 5.41) is 15.2. The van der Waals surface area contributed by atoms with Crippen molar-refractivity contribution in [3.05, 3.63) is 77.2 Å². The van der Waals surface area contributed by atoms with E-state index in [-0.39, 0.29) is 11.6 Å². The van der Waals surface area contributed by atoms with E-state index in [1.165, 1.54) is 12.4 Å². The summed E-state index contributed by atoms with van der Waals surface area (Å²) in [5.41, 5.74) is 4.41. The molecule has 0 unspecified atom stereocenters. The average Bonchev–Trinajstić information content (AvgIpc) is 2.74. The molecule has 0 aliphatic rings. The number of aryl methyl sites for hydroxylation is 2. The van der Waals surface area contributed by atoms with E-state index in [0.717, 1.165) is 29.7 Å². The van der Waals surface area contributed by atoms with Gasteiger partial charge < -0.3 is 10.6 Å². The molecule has 0 spiro atoms. The van der Waals surface area contributed by atoms with Gasteiger partial charge >= 0.3 is 0 Å². The summed E-state index contributed by atoms with van der Waals surface area (Å²) >= 11 is 0. The van der Waals surface area contributed by atoms with Crippen molar-refractivity contribution >= 4 is 23.1 Å². The third kappa shape index (κ3) is 4.15. The Morgan fingerprint density at radius 2 is 1.71 bits per heavy atom. The molecule has 0 saturated carbocycles. The number of nitrogens with one attached hydrogen (secondary N) is 2. The highest BCUT2D eigenvalue weighted by atomic mass is 16.1. The van der Waals surface area contributed by atoms with E-state index in [1.807, 2.05) is 24.3 Å². The summed E-state index contributed by atoms with van der Waals surface area (Å²) in [6, 6.07) is 15.3. The average molecular weight is 371 g/mol. The van der Waals surface area contributed by atoms with Crippen LogP contribution in [0.1, 0.15) is 41.0 Å². The van der Waals surface area contributed by atoms with Gasteiger partial charge in [0.2, 0.25) is 0 Å². The molecular weight excluding hydrogens is 350 g/mol. The molecule has 0 bridgehead atoms. The first-order chi connectivity index (χ1) is 13.7. The number of aromatic nitrogens is 2. The molecule has 3 rings (SSSR count). The third-order valence-corrected chi connectivity index (χ3v) is 4.43. The Hall–Kier alpha value is -3.72. The maximum Gasteiger partial charge on any atom is 0.275 e. The summed E-state index contributed by atoms with van der Waals surface area (Å²) in [6.45, 7) is 4.12. The largest absolute Gasteiger partial charge is 0.338 e. The van der Waals surface area contributed by atoms with Crippen molar-refractivity contribution in [3.8, 4) is 6.07 Å². The van der Waals surface area contributed by atoms with Crippen LogP contribution in [0.4, 0.5) is 17.2 Å². The van der Waals surface area contributed by atoms with Gasteiger partial charge in [-0.05, 0) is 36.1 Å². The first kappa shape index (κ1) is 19.1. The van der Waals surface area contributed by atoms with Crippen molar-refractivity contribution < 1.29 is 4.79 Å². The monoisotopic (exact) mass is 371 g/mol. The fourth-order valence-corrected chi connectivity index (χ4v) is 2.92. The van der Waals surface area contributed by atoms with E-state index in [4.69, 9.17) is 5.26 Å². The van der Waals surface area contributed by atoms with Gasteiger partial charge in [-0.25, -0.2) is 9.97 Å². The van der Waals surface area contributed by atoms with E-state index in [9.17, 15) is 4.79 Å². The molecule has 0 aliphatic carbocycles. The fourth-order valence-electron chi connectivity index (χ4n) is 2.92. The predicted molar refractivity (Wildman–Crippen MR) is 110 cm³/mol. The van der Waals surface area contributed by atoms with E-state index in [2.05, 4.69) is 40.5 Å². The number of amides is 1. The minimum atomic E-state index is -0.299. The minimum absolute atomic E-state index is 0.229. The standard InChI is InChI=1S/C22H21N5O/c1-3-15-9-7-10-16(4-2)21(15)27-22(28)19-13-25-20(14-24-19)26-18-11-6-5-8-17(18)12-23/h5-11,13-14H,3-4H2,1-2H3,(H,25,26)(H,27,28).